The van der Waals surface area contributed by atoms with Gasteiger partial charge in [-0.2, -0.15) is 17.0 Å². The SMILES string of the molecule is CN(C)S(=O)(=O)N1CCNCC1c1cccc(F)c1.Cl. The van der Waals surface area contributed by atoms with Crippen molar-refractivity contribution in [2.24, 2.45) is 0 Å². The minimum absolute atomic E-state index is 0. The van der Waals surface area contributed by atoms with Gasteiger partial charge in [-0.1, -0.05) is 12.1 Å². The van der Waals surface area contributed by atoms with E-state index in [1.54, 1.807) is 12.1 Å². The quantitative estimate of drug-likeness (QED) is 0.903. The Balaban J connectivity index is 0.00000200. The molecule has 0 spiro atoms. The van der Waals surface area contributed by atoms with Crippen LogP contribution in [-0.4, -0.2) is 50.8 Å². The molecule has 1 heterocycles. The van der Waals surface area contributed by atoms with Crippen LogP contribution >= 0.6 is 12.4 Å². The first-order valence-corrected chi connectivity index (χ1v) is 7.48. The molecule has 1 aromatic carbocycles. The predicted molar refractivity (Wildman–Crippen MR) is 78.6 cm³/mol. The third-order valence-electron chi connectivity index (χ3n) is 3.19. The van der Waals surface area contributed by atoms with E-state index in [1.807, 2.05) is 0 Å². The molecule has 1 N–H and O–H groups in total. The standard InChI is InChI=1S/C12H18FN3O2S.ClH/c1-15(2)19(17,18)16-7-6-14-9-12(16)10-4-3-5-11(13)8-10;/h3-5,8,12,14H,6-7,9H2,1-2H3;1H. The van der Waals surface area contributed by atoms with Crippen molar-refractivity contribution < 1.29 is 12.8 Å². The van der Waals surface area contributed by atoms with E-state index in [1.165, 1.54) is 34.8 Å². The van der Waals surface area contributed by atoms with Gasteiger partial charge in [0.05, 0.1) is 6.04 Å². The molecule has 1 aliphatic rings. The summed E-state index contributed by atoms with van der Waals surface area (Å²) in [7, 11) is -0.506. The smallest absolute Gasteiger partial charge is 0.282 e. The minimum Gasteiger partial charge on any atom is -0.313 e. The minimum atomic E-state index is -3.51. The van der Waals surface area contributed by atoms with Crippen molar-refractivity contribution in [1.29, 1.82) is 0 Å². The zero-order valence-corrected chi connectivity index (χ0v) is 13.0. The zero-order chi connectivity index (χ0) is 14.0. The number of hydrogen-bond donors (Lipinski definition) is 1. The molecule has 1 aromatic rings. The van der Waals surface area contributed by atoms with E-state index in [0.29, 0.717) is 25.2 Å². The highest BCUT2D eigenvalue weighted by molar-refractivity contribution is 7.86. The second-order valence-electron chi connectivity index (χ2n) is 4.68. The summed E-state index contributed by atoms with van der Waals surface area (Å²) in [6, 6.07) is 5.70. The summed E-state index contributed by atoms with van der Waals surface area (Å²) >= 11 is 0. The summed E-state index contributed by atoms with van der Waals surface area (Å²) in [5, 5.41) is 3.15. The van der Waals surface area contributed by atoms with Gasteiger partial charge in [0.25, 0.3) is 10.2 Å². The number of benzene rings is 1. The first-order valence-electron chi connectivity index (χ1n) is 6.08. The van der Waals surface area contributed by atoms with Gasteiger partial charge in [0.2, 0.25) is 0 Å². The van der Waals surface area contributed by atoms with Crippen molar-refractivity contribution in [1.82, 2.24) is 13.9 Å². The van der Waals surface area contributed by atoms with Gasteiger partial charge < -0.3 is 5.32 Å². The lowest BCUT2D eigenvalue weighted by atomic mass is 10.1. The van der Waals surface area contributed by atoms with E-state index >= 15 is 0 Å². The lowest BCUT2D eigenvalue weighted by Crippen LogP contribution is -2.51. The normalized spacial score (nSPS) is 20.7. The Morgan fingerprint density at radius 3 is 2.70 bits per heavy atom. The van der Waals surface area contributed by atoms with E-state index in [0.717, 1.165) is 0 Å². The van der Waals surface area contributed by atoms with Gasteiger partial charge in [-0.25, -0.2) is 4.39 Å². The van der Waals surface area contributed by atoms with Gasteiger partial charge in [0, 0.05) is 33.7 Å². The summed E-state index contributed by atoms with van der Waals surface area (Å²) in [5.41, 5.74) is 0.664. The summed E-state index contributed by atoms with van der Waals surface area (Å²) in [4.78, 5) is 0. The molecule has 0 saturated carbocycles. The van der Waals surface area contributed by atoms with Crippen molar-refractivity contribution in [3.05, 3.63) is 35.6 Å². The number of rotatable bonds is 3. The van der Waals surface area contributed by atoms with E-state index in [-0.39, 0.29) is 24.3 Å². The molecule has 1 aliphatic heterocycles. The van der Waals surface area contributed by atoms with Crippen LogP contribution in [0.5, 0.6) is 0 Å². The van der Waals surface area contributed by atoms with Crippen molar-refractivity contribution in [2.75, 3.05) is 33.7 Å². The fourth-order valence-electron chi connectivity index (χ4n) is 2.17. The summed E-state index contributed by atoms with van der Waals surface area (Å²) in [6.45, 7) is 1.46. The molecule has 0 aliphatic carbocycles. The van der Waals surface area contributed by atoms with Crippen LogP contribution < -0.4 is 5.32 Å². The lowest BCUT2D eigenvalue weighted by molar-refractivity contribution is 0.257. The number of piperazine rings is 1. The maximum absolute atomic E-state index is 13.3. The van der Waals surface area contributed by atoms with Gasteiger partial charge in [-0.05, 0) is 17.7 Å². The average molecular weight is 324 g/mol. The Bertz CT molecular complexity index is 553. The van der Waals surface area contributed by atoms with Crippen LogP contribution in [0.2, 0.25) is 0 Å². The first kappa shape index (κ1) is 17.3. The molecule has 0 aromatic heterocycles. The highest BCUT2D eigenvalue weighted by Gasteiger charge is 2.34. The largest absolute Gasteiger partial charge is 0.313 e. The molecule has 1 saturated heterocycles. The maximum Gasteiger partial charge on any atom is 0.282 e. The Labute approximate surface area is 125 Å². The maximum atomic E-state index is 13.3. The summed E-state index contributed by atoms with van der Waals surface area (Å²) < 4.78 is 40.5. The second kappa shape index (κ2) is 6.82. The average Bonchev–Trinajstić information content (AvgIpc) is 2.38. The molecular weight excluding hydrogens is 305 g/mol. The van der Waals surface area contributed by atoms with Gasteiger partial charge in [-0.3, -0.25) is 0 Å². The van der Waals surface area contributed by atoms with Crippen LogP contribution in [0.4, 0.5) is 4.39 Å². The van der Waals surface area contributed by atoms with E-state index in [4.69, 9.17) is 0 Å². The Hall–Kier alpha value is -0.730. The molecule has 5 nitrogen and oxygen atoms in total. The van der Waals surface area contributed by atoms with Crippen molar-refractivity contribution in [2.45, 2.75) is 6.04 Å². The van der Waals surface area contributed by atoms with Gasteiger partial charge in [-0.15, -0.1) is 12.4 Å². The molecule has 20 heavy (non-hydrogen) atoms. The predicted octanol–water partition coefficient (Wildman–Crippen LogP) is 1.00. The van der Waals surface area contributed by atoms with Gasteiger partial charge in [0.1, 0.15) is 5.82 Å². The van der Waals surface area contributed by atoms with Crippen LogP contribution in [0.1, 0.15) is 11.6 Å². The molecule has 0 amide bonds. The fraction of sp³-hybridized carbons (Fsp3) is 0.500. The van der Waals surface area contributed by atoms with Crippen molar-refractivity contribution in [3.63, 3.8) is 0 Å². The van der Waals surface area contributed by atoms with Crippen LogP contribution in [0, 0.1) is 5.82 Å². The Morgan fingerprint density at radius 1 is 1.40 bits per heavy atom. The van der Waals surface area contributed by atoms with Crippen LogP contribution in [0.3, 0.4) is 0 Å². The third-order valence-corrected chi connectivity index (χ3v) is 5.14. The molecule has 0 radical (unpaired) electrons. The molecule has 8 heteroatoms. The lowest BCUT2D eigenvalue weighted by Gasteiger charge is -2.36. The molecule has 1 fully saturated rings. The van der Waals surface area contributed by atoms with Gasteiger partial charge >= 0.3 is 0 Å². The summed E-state index contributed by atoms with van der Waals surface area (Å²) in [5.74, 6) is -0.356. The molecule has 1 unspecified atom stereocenters. The number of hydrogen-bond acceptors (Lipinski definition) is 3. The zero-order valence-electron chi connectivity index (χ0n) is 11.4. The Morgan fingerprint density at radius 2 is 2.10 bits per heavy atom. The first-order chi connectivity index (χ1) is 8.93. The number of nitrogens with one attached hydrogen (secondary N) is 1. The molecule has 2 rings (SSSR count). The topological polar surface area (TPSA) is 52.7 Å². The fourth-order valence-corrected chi connectivity index (χ4v) is 3.43. The van der Waals surface area contributed by atoms with E-state index in [2.05, 4.69) is 5.32 Å². The van der Waals surface area contributed by atoms with Crippen molar-refractivity contribution >= 4 is 22.6 Å². The van der Waals surface area contributed by atoms with Crippen LogP contribution in [-0.2, 0) is 10.2 Å². The third kappa shape index (κ3) is 3.48. The highest BCUT2D eigenvalue weighted by Crippen LogP contribution is 2.26. The second-order valence-corrected chi connectivity index (χ2v) is 6.77. The molecular formula is C12H19ClFN3O2S. The molecule has 114 valence electrons. The highest BCUT2D eigenvalue weighted by atomic mass is 35.5. The monoisotopic (exact) mass is 323 g/mol. The van der Waals surface area contributed by atoms with E-state index in [9.17, 15) is 12.8 Å². The number of halogens is 2. The van der Waals surface area contributed by atoms with Gasteiger partial charge in [0.15, 0.2) is 0 Å². The molecule has 0 bridgehead atoms. The summed E-state index contributed by atoms with van der Waals surface area (Å²) in [6.07, 6.45) is 0. The van der Waals surface area contributed by atoms with Crippen LogP contribution in [0.15, 0.2) is 24.3 Å². The Kier molecular flexibility index (Phi) is 5.91. The van der Waals surface area contributed by atoms with Crippen molar-refractivity contribution in [3.8, 4) is 0 Å². The molecule has 1 atom stereocenters. The number of nitrogens with zero attached hydrogens (tertiary/aromatic N) is 2. The van der Waals surface area contributed by atoms with Crippen LogP contribution in [0.25, 0.3) is 0 Å². The van der Waals surface area contributed by atoms with E-state index < -0.39 is 10.2 Å².